The summed E-state index contributed by atoms with van der Waals surface area (Å²) >= 11 is 0. The van der Waals surface area contributed by atoms with E-state index in [1.807, 2.05) is 31.2 Å². The highest BCUT2D eigenvalue weighted by molar-refractivity contribution is 6.08. The van der Waals surface area contributed by atoms with Crippen LogP contribution in [-0.4, -0.2) is 46.9 Å². The van der Waals surface area contributed by atoms with Gasteiger partial charge in [-0.1, -0.05) is 18.2 Å². The number of para-hydroxylation sites is 1. The number of benzene rings is 1. The number of nitrogens with zero attached hydrogens (tertiary/aromatic N) is 1. The Balaban J connectivity index is 1.91. The van der Waals surface area contributed by atoms with E-state index < -0.39 is 6.04 Å². The molecule has 1 fully saturated rings. The Kier molecular flexibility index (Phi) is 3.85. The van der Waals surface area contributed by atoms with Crippen molar-refractivity contribution >= 4 is 22.7 Å². The summed E-state index contributed by atoms with van der Waals surface area (Å²) in [6, 6.07) is 6.97. The fourth-order valence-electron chi connectivity index (χ4n) is 3.04. The predicted molar refractivity (Wildman–Crippen MR) is 84.4 cm³/mol. The number of fused-ring (bicyclic) bond motifs is 1. The maximum atomic E-state index is 12.9. The maximum absolute atomic E-state index is 12.9. The average molecular weight is 300 g/mol. The zero-order valence-corrected chi connectivity index (χ0v) is 12.5. The van der Waals surface area contributed by atoms with E-state index in [-0.39, 0.29) is 17.9 Å². The van der Waals surface area contributed by atoms with E-state index in [4.69, 9.17) is 5.73 Å². The molecule has 6 nitrogen and oxygen atoms in total. The minimum atomic E-state index is -0.490. The standard InChI is InChI=1S/C16H20N4O2/c1-2-18-15(21)14-7-10(17)9-20(14)16(22)12-8-19-13-6-4-3-5-11(12)13/h3-6,8,10,14,19H,2,7,9,17H2,1H3,(H,18,21)/t10-,14-/m0/s1. The van der Waals surface area contributed by atoms with Gasteiger partial charge in [-0.25, -0.2) is 0 Å². The van der Waals surface area contributed by atoms with E-state index in [2.05, 4.69) is 10.3 Å². The SMILES string of the molecule is CCNC(=O)[C@@H]1C[C@H](N)CN1C(=O)c1c[nH]c2ccccc12. The highest BCUT2D eigenvalue weighted by Gasteiger charge is 2.38. The van der Waals surface area contributed by atoms with Gasteiger partial charge in [0.05, 0.1) is 5.56 Å². The van der Waals surface area contributed by atoms with Crippen LogP contribution in [-0.2, 0) is 4.79 Å². The number of H-pyrrole nitrogens is 1. The van der Waals surface area contributed by atoms with Crippen molar-refractivity contribution in [2.24, 2.45) is 5.73 Å². The van der Waals surface area contributed by atoms with E-state index in [9.17, 15) is 9.59 Å². The molecule has 0 radical (unpaired) electrons. The molecule has 1 aromatic heterocycles. The number of carbonyl (C=O) groups excluding carboxylic acids is 2. The maximum Gasteiger partial charge on any atom is 0.256 e. The second-order valence-corrected chi connectivity index (χ2v) is 5.61. The second kappa shape index (κ2) is 5.81. The van der Waals surface area contributed by atoms with Gasteiger partial charge in [0.2, 0.25) is 5.91 Å². The Morgan fingerprint density at radius 3 is 2.95 bits per heavy atom. The zero-order chi connectivity index (χ0) is 15.7. The molecule has 2 amide bonds. The van der Waals surface area contributed by atoms with E-state index in [0.717, 1.165) is 10.9 Å². The lowest BCUT2D eigenvalue weighted by atomic mass is 10.1. The number of nitrogens with one attached hydrogen (secondary N) is 2. The molecule has 1 aliphatic heterocycles. The molecule has 0 saturated carbocycles. The topological polar surface area (TPSA) is 91.2 Å². The van der Waals surface area contributed by atoms with Crippen LogP contribution in [0.25, 0.3) is 10.9 Å². The predicted octanol–water partition coefficient (Wildman–Crippen LogP) is 0.846. The van der Waals surface area contributed by atoms with E-state index in [1.165, 1.54) is 0 Å². The first-order chi connectivity index (χ1) is 10.6. The fraction of sp³-hybridized carbons (Fsp3) is 0.375. The lowest BCUT2D eigenvalue weighted by Crippen LogP contribution is -2.45. The summed E-state index contributed by atoms with van der Waals surface area (Å²) in [5.74, 6) is -0.287. The molecule has 116 valence electrons. The molecule has 3 rings (SSSR count). The Bertz CT molecular complexity index is 709. The Morgan fingerprint density at radius 1 is 1.41 bits per heavy atom. The zero-order valence-electron chi connectivity index (χ0n) is 12.5. The van der Waals surface area contributed by atoms with Crippen LogP contribution in [0.15, 0.2) is 30.5 Å². The number of likely N-dealkylation sites (N-methyl/N-ethyl adjacent to an activating group) is 1. The van der Waals surface area contributed by atoms with E-state index in [1.54, 1.807) is 11.1 Å². The summed E-state index contributed by atoms with van der Waals surface area (Å²) in [5, 5.41) is 3.64. The molecule has 6 heteroatoms. The summed E-state index contributed by atoms with van der Waals surface area (Å²) in [4.78, 5) is 29.7. The lowest BCUT2D eigenvalue weighted by molar-refractivity contribution is -0.124. The van der Waals surface area contributed by atoms with Crippen molar-refractivity contribution in [2.75, 3.05) is 13.1 Å². The van der Waals surface area contributed by atoms with Gasteiger partial charge in [-0.2, -0.15) is 0 Å². The fourth-order valence-corrected chi connectivity index (χ4v) is 3.04. The molecule has 0 unspecified atom stereocenters. The third-order valence-corrected chi connectivity index (χ3v) is 4.07. The number of amides is 2. The van der Waals surface area contributed by atoms with Crippen LogP contribution in [0.1, 0.15) is 23.7 Å². The van der Waals surface area contributed by atoms with Crippen LogP contribution in [0.3, 0.4) is 0 Å². The van der Waals surface area contributed by atoms with Crippen molar-refractivity contribution in [1.82, 2.24) is 15.2 Å². The molecule has 2 atom stereocenters. The highest BCUT2D eigenvalue weighted by Crippen LogP contribution is 2.24. The van der Waals surface area contributed by atoms with Gasteiger partial charge in [0.1, 0.15) is 6.04 Å². The number of rotatable bonds is 3. The monoisotopic (exact) mass is 300 g/mol. The van der Waals surface area contributed by atoms with Crippen molar-refractivity contribution in [3.05, 3.63) is 36.0 Å². The van der Waals surface area contributed by atoms with Gasteiger partial charge in [-0.15, -0.1) is 0 Å². The molecule has 0 spiro atoms. The molecule has 1 aromatic carbocycles. The minimum Gasteiger partial charge on any atom is -0.360 e. The van der Waals surface area contributed by atoms with Gasteiger partial charge in [0, 0.05) is 36.2 Å². The molecule has 1 saturated heterocycles. The first kappa shape index (κ1) is 14.6. The van der Waals surface area contributed by atoms with Gasteiger partial charge in [0.15, 0.2) is 0 Å². The smallest absolute Gasteiger partial charge is 0.256 e. The number of carbonyl (C=O) groups is 2. The number of nitrogens with two attached hydrogens (primary N) is 1. The third kappa shape index (κ3) is 2.46. The van der Waals surface area contributed by atoms with Crippen molar-refractivity contribution in [3.63, 3.8) is 0 Å². The van der Waals surface area contributed by atoms with Crippen LogP contribution in [0.4, 0.5) is 0 Å². The van der Waals surface area contributed by atoms with Crippen LogP contribution >= 0.6 is 0 Å². The molecule has 0 aliphatic carbocycles. The average Bonchev–Trinajstić information content (AvgIpc) is 3.10. The normalized spacial score (nSPS) is 21.3. The second-order valence-electron chi connectivity index (χ2n) is 5.61. The van der Waals surface area contributed by atoms with Gasteiger partial charge in [-0.3, -0.25) is 9.59 Å². The molecular weight excluding hydrogens is 280 g/mol. The van der Waals surface area contributed by atoms with Crippen molar-refractivity contribution in [1.29, 1.82) is 0 Å². The molecule has 1 aliphatic rings. The van der Waals surface area contributed by atoms with Crippen molar-refractivity contribution in [3.8, 4) is 0 Å². The van der Waals surface area contributed by atoms with Gasteiger partial charge >= 0.3 is 0 Å². The number of aromatic nitrogens is 1. The van der Waals surface area contributed by atoms with Crippen molar-refractivity contribution < 1.29 is 9.59 Å². The quantitative estimate of drug-likeness (QED) is 0.784. The molecular formula is C16H20N4O2. The van der Waals surface area contributed by atoms with Crippen molar-refractivity contribution in [2.45, 2.75) is 25.4 Å². The molecule has 4 N–H and O–H groups in total. The summed E-state index contributed by atoms with van der Waals surface area (Å²) in [6.07, 6.45) is 2.20. The van der Waals surface area contributed by atoms with Crippen LogP contribution in [0, 0.1) is 0 Å². The number of hydrogen-bond donors (Lipinski definition) is 3. The van der Waals surface area contributed by atoms with Gasteiger partial charge in [0.25, 0.3) is 5.91 Å². The number of aromatic amines is 1. The Hall–Kier alpha value is -2.34. The van der Waals surface area contributed by atoms with Crippen LogP contribution < -0.4 is 11.1 Å². The molecule has 2 aromatic rings. The Morgan fingerprint density at radius 2 is 2.18 bits per heavy atom. The Labute approximate surface area is 128 Å². The summed E-state index contributed by atoms with van der Waals surface area (Å²) in [7, 11) is 0. The highest BCUT2D eigenvalue weighted by atomic mass is 16.2. The summed E-state index contributed by atoms with van der Waals surface area (Å²) < 4.78 is 0. The van der Waals surface area contributed by atoms with E-state index in [0.29, 0.717) is 25.1 Å². The first-order valence-electron chi connectivity index (χ1n) is 7.52. The summed E-state index contributed by atoms with van der Waals surface area (Å²) in [5.41, 5.74) is 7.46. The number of hydrogen-bond acceptors (Lipinski definition) is 3. The minimum absolute atomic E-state index is 0.136. The van der Waals surface area contributed by atoms with E-state index >= 15 is 0 Å². The van der Waals surface area contributed by atoms with Gasteiger partial charge in [-0.05, 0) is 19.4 Å². The third-order valence-electron chi connectivity index (χ3n) is 4.07. The lowest BCUT2D eigenvalue weighted by Gasteiger charge is -2.23. The molecule has 22 heavy (non-hydrogen) atoms. The largest absolute Gasteiger partial charge is 0.360 e. The first-order valence-corrected chi connectivity index (χ1v) is 7.52. The van der Waals surface area contributed by atoms with Gasteiger partial charge < -0.3 is 20.9 Å². The summed E-state index contributed by atoms with van der Waals surface area (Å²) in [6.45, 7) is 2.80. The van der Waals surface area contributed by atoms with Crippen LogP contribution in [0.5, 0.6) is 0 Å². The van der Waals surface area contributed by atoms with Crippen LogP contribution in [0.2, 0.25) is 0 Å². The molecule has 0 bridgehead atoms. The number of likely N-dealkylation sites (tertiary alicyclic amines) is 1. The molecule has 2 heterocycles.